The van der Waals surface area contributed by atoms with Crippen LogP contribution in [0.1, 0.15) is 50.4 Å². The van der Waals surface area contributed by atoms with Gasteiger partial charge in [0.1, 0.15) is 5.75 Å². The summed E-state index contributed by atoms with van der Waals surface area (Å²) >= 11 is 0. The lowest BCUT2D eigenvalue weighted by Gasteiger charge is -2.25. The van der Waals surface area contributed by atoms with Crippen LogP contribution in [-0.4, -0.2) is 39.5 Å². The molecule has 2 aromatic heterocycles. The van der Waals surface area contributed by atoms with Crippen LogP contribution in [0.4, 0.5) is 13.2 Å². The fourth-order valence-electron chi connectivity index (χ4n) is 3.63. The molecule has 1 aromatic carbocycles. The predicted octanol–water partition coefficient (Wildman–Crippen LogP) is 4.66. The summed E-state index contributed by atoms with van der Waals surface area (Å²) < 4.78 is 47.4. The van der Waals surface area contributed by atoms with Crippen molar-refractivity contribution in [1.82, 2.24) is 14.9 Å². The van der Waals surface area contributed by atoms with E-state index in [9.17, 15) is 22.8 Å². The Morgan fingerprint density at radius 1 is 1.18 bits per heavy atom. The molecular formula is C24H20F3N3O4. The molecule has 1 atom stereocenters. The van der Waals surface area contributed by atoms with Gasteiger partial charge in [-0.15, -0.1) is 0 Å². The van der Waals surface area contributed by atoms with Gasteiger partial charge in [0.2, 0.25) is 5.88 Å². The Balaban J connectivity index is 1.47. The van der Waals surface area contributed by atoms with E-state index in [1.54, 1.807) is 36.9 Å². The third-order valence-corrected chi connectivity index (χ3v) is 5.41. The summed E-state index contributed by atoms with van der Waals surface area (Å²) in [5.41, 5.74) is 2.62. The molecule has 3 aromatic rings. The van der Waals surface area contributed by atoms with Gasteiger partial charge in [-0.1, -0.05) is 6.07 Å². The maximum atomic E-state index is 13.1. The highest BCUT2D eigenvalue weighted by atomic mass is 19.4. The van der Waals surface area contributed by atoms with Crippen LogP contribution >= 0.6 is 0 Å². The number of carbonyl (C=O) groups excluding carboxylic acids is 2. The molecule has 1 unspecified atom stereocenters. The highest BCUT2D eigenvalue weighted by molar-refractivity contribution is 5.99. The number of nitrogens with zero attached hydrogens (tertiary/aromatic N) is 3. The van der Waals surface area contributed by atoms with Crippen molar-refractivity contribution in [2.45, 2.75) is 32.6 Å². The van der Waals surface area contributed by atoms with Crippen LogP contribution in [0.5, 0.6) is 11.6 Å². The van der Waals surface area contributed by atoms with Gasteiger partial charge >= 0.3 is 12.1 Å². The molecule has 10 heteroatoms. The Labute approximate surface area is 193 Å². The first-order valence-corrected chi connectivity index (χ1v) is 10.3. The minimum absolute atomic E-state index is 0.107. The number of halogens is 3. The number of pyridine rings is 2. The van der Waals surface area contributed by atoms with E-state index in [2.05, 4.69) is 9.97 Å². The second-order valence-electron chi connectivity index (χ2n) is 7.85. The van der Waals surface area contributed by atoms with E-state index in [4.69, 9.17) is 9.47 Å². The molecule has 1 aliphatic rings. The van der Waals surface area contributed by atoms with E-state index in [1.807, 2.05) is 0 Å². The highest BCUT2D eigenvalue weighted by Crippen LogP contribution is 2.34. The summed E-state index contributed by atoms with van der Waals surface area (Å²) in [6.07, 6.45) is -0.0951. The van der Waals surface area contributed by atoms with Gasteiger partial charge in [0.15, 0.2) is 6.61 Å². The minimum Gasteiger partial charge on any atom is -0.468 e. The van der Waals surface area contributed by atoms with Gasteiger partial charge in [-0.05, 0) is 55.3 Å². The molecule has 0 saturated carbocycles. The molecule has 7 nitrogen and oxygen atoms in total. The van der Waals surface area contributed by atoms with Gasteiger partial charge in [0.25, 0.3) is 5.91 Å². The maximum Gasteiger partial charge on any atom is 0.422 e. The molecule has 0 bridgehead atoms. The number of benzene rings is 1. The summed E-state index contributed by atoms with van der Waals surface area (Å²) in [5, 5.41) is 0. The average molecular weight is 471 g/mol. The molecule has 3 heterocycles. The first kappa shape index (κ1) is 23.2. The Morgan fingerprint density at radius 3 is 2.59 bits per heavy atom. The number of hydrogen-bond acceptors (Lipinski definition) is 6. The van der Waals surface area contributed by atoms with E-state index in [0.717, 1.165) is 5.56 Å². The molecule has 0 saturated heterocycles. The Hall–Kier alpha value is -3.95. The largest absolute Gasteiger partial charge is 0.468 e. The van der Waals surface area contributed by atoms with Crippen molar-refractivity contribution in [3.63, 3.8) is 0 Å². The van der Waals surface area contributed by atoms with Gasteiger partial charge in [-0.3, -0.25) is 9.78 Å². The third-order valence-electron chi connectivity index (χ3n) is 5.41. The second-order valence-corrected chi connectivity index (χ2v) is 7.85. The number of hydrogen-bond donors (Lipinski definition) is 0. The van der Waals surface area contributed by atoms with Gasteiger partial charge in [-0.2, -0.15) is 13.2 Å². The lowest BCUT2D eigenvalue weighted by molar-refractivity contribution is -0.154. The number of carbonyl (C=O) groups is 2. The lowest BCUT2D eigenvalue weighted by atomic mass is 10.1. The number of rotatable bonds is 6. The van der Waals surface area contributed by atoms with Crippen LogP contribution < -0.4 is 9.47 Å². The van der Waals surface area contributed by atoms with E-state index in [1.165, 1.54) is 36.8 Å². The number of amides is 1. The number of alkyl halides is 3. The molecule has 0 spiro atoms. The van der Waals surface area contributed by atoms with E-state index in [-0.39, 0.29) is 17.5 Å². The molecule has 1 aliphatic heterocycles. The van der Waals surface area contributed by atoms with Crippen LogP contribution in [0.15, 0.2) is 55.0 Å². The minimum atomic E-state index is -4.46. The normalized spacial score (nSPS) is 14.0. The molecule has 34 heavy (non-hydrogen) atoms. The molecule has 0 fully saturated rings. The molecular weight excluding hydrogens is 451 g/mol. The molecule has 0 N–H and O–H groups in total. The van der Waals surface area contributed by atoms with E-state index in [0.29, 0.717) is 28.8 Å². The molecule has 0 radical (unpaired) electrons. The zero-order chi connectivity index (χ0) is 24.5. The van der Waals surface area contributed by atoms with Crippen molar-refractivity contribution >= 4 is 11.9 Å². The van der Waals surface area contributed by atoms with Crippen LogP contribution in [0, 0.1) is 6.92 Å². The van der Waals surface area contributed by atoms with E-state index >= 15 is 0 Å². The van der Waals surface area contributed by atoms with Crippen molar-refractivity contribution < 1.29 is 32.2 Å². The summed E-state index contributed by atoms with van der Waals surface area (Å²) in [7, 11) is 0. The summed E-state index contributed by atoms with van der Waals surface area (Å²) in [4.78, 5) is 34.9. The molecule has 0 aliphatic carbocycles. The van der Waals surface area contributed by atoms with Crippen molar-refractivity contribution in [2.75, 3.05) is 6.61 Å². The fraction of sp³-hybridized carbons (Fsp3) is 0.250. The van der Waals surface area contributed by atoms with Crippen LogP contribution in [0.25, 0.3) is 0 Å². The van der Waals surface area contributed by atoms with Gasteiger partial charge in [-0.25, -0.2) is 9.78 Å². The van der Waals surface area contributed by atoms with Gasteiger partial charge < -0.3 is 14.4 Å². The van der Waals surface area contributed by atoms with Gasteiger partial charge in [0.05, 0.1) is 11.6 Å². The molecule has 1 amide bonds. The van der Waals surface area contributed by atoms with Gasteiger partial charge in [0, 0.05) is 36.3 Å². The predicted molar refractivity (Wildman–Crippen MR) is 114 cm³/mol. The van der Waals surface area contributed by atoms with Crippen LogP contribution in [0.3, 0.4) is 0 Å². The monoisotopic (exact) mass is 471 g/mol. The number of aromatic nitrogens is 2. The van der Waals surface area contributed by atoms with Crippen molar-refractivity contribution in [3.8, 4) is 11.6 Å². The lowest BCUT2D eigenvalue weighted by Crippen LogP contribution is -2.27. The maximum absolute atomic E-state index is 13.1. The fourth-order valence-corrected chi connectivity index (χ4v) is 3.63. The summed E-state index contributed by atoms with van der Waals surface area (Å²) in [6.45, 7) is 2.31. The molecule has 4 rings (SSSR count). The Bertz CT molecular complexity index is 1230. The van der Waals surface area contributed by atoms with Crippen LogP contribution in [0.2, 0.25) is 0 Å². The third kappa shape index (κ3) is 5.00. The number of esters is 1. The number of aryl methyl sites for hydroxylation is 1. The number of fused-ring (bicyclic) bond motifs is 1. The first-order chi connectivity index (χ1) is 16.1. The van der Waals surface area contributed by atoms with E-state index < -0.39 is 24.8 Å². The quantitative estimate of drug-likeness (QED) is 0.384. The van der Waals surface area contributed by atoms with Crippen LogP contribution in [-0.2, 0) is 6.54 Å². The van der Waals surface area contributed by atoms with Crippen molar-refractivity contribution in [3.05, 3.63) is 82.8 Å². The smallest absolute Gasteiger partial charge is 0.422 e. The highest BCUT2D eigenvalue weighted by Gasteiger charge is 2.33. The average Bonchev–Trinajstić information content (AvgIpc) is 3.13. The molecule has 176 valence electrons. The summed E-state index contributed by atoms with van der Waals surface area (Å²) in [5.74, 6) is -0.677. The Kier molecular flexibility index (Phi) is 6.23. The zero-order valence-corrected chi connectivity index (χ0v) is 18.3. The topological polar surface area (TPSA) is 81.6 Å². The summed E-state index contributed by atoms with van der Waals surface area (Å²) in [6, 6.07) is 9.19. The zero-order valence-electron chi connectivity index (χ0n) is 18.3. The Morgan fingerprint density at radius 2 is 1.91 bits per heavy atom. The first-order valence-electron chi connectivity index (χ1n) is 10.3. The number of ether oxygens (including phenoxy) is 2. The van der Waals surface area contributed by atoms with Crippen molar-refractivity contribution in [2.24, 2.45) is 0 Å². The van der Waals surface area contributed by atoms with Crippen molar-refractivity contribution in [1.29, 1.82) is 0 Å². The standard InChI is InChI=1S/C24H20F3N3O4/c1-14-9-18(11-29-21(14)33-13-24(25,26)27)15(2)30-12-17-3-4-19(10-20(17)22(30)31)34-23(32)16-5-7-28-8-6-16/h3-11,15H,12-13H2,1-2H3. The SMILES string of the molecule is Cc1cc(C(C)N2Cc3ccc(OC(=O)c4ccncc4)cc3C2=O)cnc1OCC(F)(F)F. The second kappa shape index (κ2) is 9.12.